The molecule has 0 saturated heterocycles. The van der Waals surface area contributed by atoms with Crippen LogP contribution in [-0.2, 0) is 0 Å². The predicted octanol–water partition coefficient (Wildman–Crippen LogP) is 3.24. The Balaban J connectivity index is 1.91. The molecule has 0 saturated carbocycles. The van der Waals surface area contributed by atoms with E-state index in [1.807, 2.05) is 42.5 Å². The van der Waals surface area contributed by atoms with Crippen LogP contribution in [0.15, 0.2) is 61.2 Å². The maximum Gasteiger partial charge on any atom is 0.116 e. The summed E-state index contributed by atoms with van der Waals surface area (Å²) in [5, 5.41) is 1.02. The second-order valence-electron chi connectivity index (χ2n) is 4.54. The van der Waals surface area contributed by atoms with E-state index < -0.39 is 0 Å². The Bertz CT molecular complexity index is 841. The number of aromatic nitrogens is 4. The molecule has 94 valence electrons. The van der Waals surface area contributed by atoms with Gasteiger partial charge in [-0.05, 0) is 18.2 Å². The third-order valence-corrected chi connectivity index (χ3v) is 3.25. The van der Waals surface area contributed by atoms with Crippen molar-refractivity contribution < 1.29 is 0 Å². The van der Waals surface area contributed by atoms with E-state index in [2.05, 4.69) is 19.9 Å². The summed E-state index contributed by atoms with van der Waals surface area (Å²) in [6.45, 7) is 0. The molecule has 0 fully saturated rings. The number of hydrogen-bond donors (Lipinski definition) is 0. The number of fused-ring (bicyclic) bond motifs is 2. The maximum absolute atomic E-state index is 4.65. The zero-order valence-electron chi connectivity index (χ0n) is 10.6. The average molecular weight is 258 g/mol. The zero-order valence-corrected chi connectivity index (χ0v) is 10.6. The quantitative estimate of drug-likeness (QED) is 0.526. The number of nitrogens with zero attached hydrogens (tertiary/aromatic N) is 4. The van der Waals surface area contributed by atoms with E-state index in [0.29, 0.717) is 0 Å². The molecule has 20 heavy (non-hydrogen) atoms. The third-order valence-electron chi connectivity index (χ3n) is 3.25. The third kappa shape index (κ3) is 1.78. The summed E-state index contributed by atoms with van der Waals surface area (Å²) >= 11 is 0. The second-order valence-corrected chi connectivity index (χ2v) is 4.54. The van der Waals surface area contributed by atoms with Crippen molar-refractivity contribution in [3.8, 4) is 11.3 Å². The van der Waals surface area contributed by atoms with E-state index in [1.54, 1.807) is 18.7 Å². The largest absolute Gasteiger partial charge is 0.252 e. The van der Waals surface area contributed by atoms with E-state index in [4.69, 9.17) is 0 Å². The van der Waals surface area contributed by atoms with Gasteiger partial charge in [-0.25, -0.2) is 15.0 Å². The van der Waals surface area contributed by atoms with Crippen molar-refractivity contribution in [2.75, 3.05) is 0 Å². The van der Waals surface area contributed by atoms with E-state index in [9.17, 15) is 0 Å². The average Bonchev–Trinajstić information content (AvgIpc) is 2.54. The minimum atomic E-state index is 0.851. The first-order valence-electron chi connectivity index (χ1n) is 6.32. The molecule has 0 atom stereocenters. The van der Waals surface area contributed by atoms with Crippen molar-refractivity contribution in [1.29, 1.82) is 0 Å². The Morgan fingerprint density at radius 3 is 2.60 bits per heavy atom. The lowest BCUT2D eigenvalue weighted by atomic mass is 10.1. The van der Waals surface area contributed by atoms with Crippen molar-refractivity contribution in [1.82, 2.24) is 19.9 Å². The van der Waals surface area contributed by atoms with Gasteiger partial charge < -0.3 is 0 Å². The second kappa shape index (κ2) is 4.35. The maximum atomic E-state index is 4.65. The fraction of sp³-hybridized carbons (Fsp3) is 0. The van der Waals surface area contributed by atoms with Crippen LogP contribution in [0, 0.1) is 0 Å². The summed E-state index contributed by atoms with van der Waals surface area (Å²) in [5.41, 5.74) is 4.57. The molecule has 0 N–H and O–H groups in total. The molecular weight excluding hydrogens is 248 g/mol. The fourth-order valence-electron chi connectivity index (χ4n) is 2.23. The van der Waals surface area contributed by atoms with Gasteiger partial charge >= 0.3 is 0 Å². The summed E-state index contributed by atoms with van der Waals surface area (Å²) < 4.78 is 0. The van der Waals surface area contributed by atoms with Gasteiger partial charge in [-0.3, -0.25) is 4.98 Å². The smallest absolute Gasteiger partial charge is 0.116 e. The number of benzene rings is 2. The number of hydrogen-bond acceptors (Lipinski definition) is 4. The standard InChI is InChI=1S/C16H10N4/c1-2-4-14-13(3-1)18-9-16(20-14)11-5-6-12-8-17-10-19-15(12)7-11/h1-10H. The van der Waals surface area contributed by atoms with Gasteiger partial charge in [-0.2, -0.15) is 0 Å². The normalized spacial score (nSPS) is 11.0. The van der Waals surface area contributed by atoms with Crippen LogP contribution in [-0.4, -0.2) is 19.9 Å². The molecule has 2 heterocycles. The fourth-order valence-corrected chi connectivity index (χ4v) is 2.23. The van der Waals surface area contributed by atoms with E-state index in [0.717, 1.165) is 33.2 Å². The molecule has 2 aromatic heterocycles. The molecule has 4 rings (SSSR count). The van der Waals surface area contributed by atoms with Crippen molar-refractivity contribution in [2.24, 2.45) is 0 Å². The molecule has 4 nitrogen and oxygen atoms in total. The van der Waals surface area contributed by atoms with E-state index in [1.165, 1.54) is 0 Å². The predicted molar refractivity (Wildman–Crippen MR) is 78.1 cm³/mol. The molecular formula is C16H10N4. The van der Waals surface area contributed by atoms with Gasteiger partial charge in [0.15, 0.2) is 0 Å². The monoisotopic (exact) mass is 258 g/mol. The lowest BCUT2D eigenvalue weighted by Crippen LogP contribution is -1.89. The first-order chi connectivity index (χ1) is 9.90. The molecule has 0 aliphatic carbocycles. The molecule has 4 aromatic rings. The van der Waals surface area contributed by atoms with Crippen LogP contribution in [0.2, 0.25) is 0 Å². The Kier molecular flexibility index (Phi) is 2.39. The summed E-state index contributed by atoms with van der Waals surface area (Å²) in [6, 6.07) is 13.9. The summed E-state index contributed by atoms with van der Waals surface area (Å²) in [5.74, 6) is 0. The lowest BCUT2D eigenvalue weighted by molar-refractivity contribution is 1.22. The van der Waals surface area contributed by atoms with Crippen LogP contribution < -0.4 is 0 Å². The highest BCUT2D eigenvalue weighted by molar-refractivity contribution is 5.84. The lowest BCUT2D eigenvalue weighted by Gasteiger charge is -2.03. The highest BCUT2D eigenvalue weighted by Crippen LogP contribution is 2.22. The molecule has 2 aromatic carbocycles. The Morgan fingerprint density at radius 1 is 0.750 bits per heavy atom. The Morgan fingerprint density at radius 2 is 1.65 bits per heavy atom. The highest BCUT2D eigenvalue weighted by atomic mass is 14.8. The van der Waals surface area contributed by atoms with Gasteiger partial charge in [0.2, 0.25) is 0 Å². The van der Waals surface area contributed by atoms with Gasteiger partial charge in [0.05, 0.1) is 28.4 Å². The minimum absolute atomic E-state index is 0.851. The zero-order chi connectivity index (χ0) is 13.4. The van der Waals surface area contributed by atoms with Crippen molar-refractivity contribution in [3.63, 3.8) is 0 Å². The van der Waals surface area contributed by atoms with Crippen LogP contribution in [0.25, 0.3) is 33.2 Å². The summed E-state index contributed by atoms with van der Waals surface area (Å²) in [7, 11) is 0. The molecule has 0 amide bonds. The van der Waals surface area contributed by atoms with Gasteiger partial charge in [-0.15, -0.1) is 0 Å². The first kappa shape index (κ1) is 11.0. The summed E-state index contributed by atoms with van der Waals surface area (Å²) in [4.78, 5) is 17.4. The van der Waals surface area contributed by atoms with Crippen LogP contribution in [0.4, 0.5) is 0 Å². The SMILES string of the molecule is c1ccc2nc(-c3ccc4cncnc4c3)cnc2c1. The van der Waals surface area contributed by atoms with Gasteiger partial charge in [0, 0.05) is 17.1 Å². The molecule has 0 bridgehead atoms. The molecule has 0 radical (unpaired) electrons. The van der Waals surface area contributed by atoms with Crippen LogP contribution >= 0.6 is 0 Å². The summed E-state index contributed by atoms with van der Waals surface area (Å²) in [6.07, 6.45) is 5.15. The van der Waals surface area contributed by atoms with Gasteiger partial charge in [0.1, 0.15) is 6.33 Å². The van der Waals surface area contributed by atoms with Crippen molar-refractivity contribution >= 4 is 21.9 Å². The van der Waals surface area contributed by atoms with Crippen LogP contribution in [0.5, 0.6) is 0 Å². The first-order valence-corrected chi connectivity index (χ1v) is 6.32. The molecule has 4 heteroatoms. The molecule has 0 unspecified atom stereocenters. The molecule has 0 aliphatic heterocycles. The van der Waals surface area contributed by atoms with Crippen LogP contribution in [0.3, 0.4) is 0 Å². The number of rotatable bonds is 1. The Labute approximate surface area is 115 Å². The van der Waals surface area contributed by atoms with Crippen molar-refractivity contribution in [3.05, 3.63) is 61.2 Å². The Hall–Kier alpha value is -2.88. The van der Waals surface area contributed by atoms with E-state index >= 15 is 0 Å². The van der Waals surface area contributed by atoms with Crippen LogP contribution in [0.1, 0.15) is 0 Å². The molecule has 0 aliphatic rings. The highest BCUT2D eigenvalue weighted by Gasteiger charge is 2.04. The van der Waals surface area contributed by atoms with Crippen molar-refractivity contribution in [2.45, 2.75) is 0 Å². The van der Waals surface area contributed by atoms with E-state index in [-0.39, 0.29) is 0 Å². The topological polar surface area (TPSA) is 51.6 Å². The number of para-hydroxylation sites is 2. The minimum Gasteiger partial charge on any atom is -0.252 e. The van der Waals surface area contributed by atoms with Gasteiger partial charge in [0.25, 0.3) is 0 Å². The van der Waals surface area contributed by atoms with Gasteiger partial charge in [-0.1, -0.05) is 24.3 Å². The molecule has 0 spiro atoms.